The average Bonchev–Trinajstić information content (AvgIpc) is 2.40. The molecule has 0 aromatic heterocycles. The van der Waals surface area contributed by atoms with Crippen LogP contribution in [0.25, 0.3) is 0 Å². The van der Waals surface area contributed by atoms with E-state index in [0.29, 0.717) is 19.4 Å². The summed E-state index contributed by atoms with van der Waals surface area (Å²) in [5.41, 5.74) is 0.931. The number of aliphatic hydroxyl groups is 1. The first-order valence-corrected chi connectivity index (χ1v) is 7.10. The predicted molar refractivity (Wildman–Crippen MR) is 77.0 cm³/mol. The molecule has 3 unspecified atom stereocenters. The monoisotopic (exact) mass is 280 g/mol. The van der Waals surface area contributed by atoms with E-state index in [-0.39, 0.29) is 23.9 Å². The number of rotatable bonds is 8. The van der Waals surface area contributed by atoms with Gasteiger partial charge in [0.2, 0.25) is 0 Å². The summed E-state index contributed by atoms with van der Waals surface area (Å²) in [6.45, 7) is 5.90. The van der Waals surface area contributed by atoms with E-state index in [1.807, 2.05) is 44.2 Å². The van der Waals surface area contributed by atoms with Crippen molar-refractivity contribution in [2.45, 2.75) is 45.6 Å². The summed E-state index contributed by atoms with van der Waals surface area (Å²) in [5.74, 6) is -0.536. The van der Waals surface area contributed by atoms with Crippen molar-refractivity contribution in [2.75, 3.05) is 6.61 Å². The number of hydrogen-bond acceptors (Lipinski definition) is 4. The van der Waals surface area contributed by atoms with Crippen LogP contribution in [0.15, 0.2) is 30.3 Å². The Kier molecular flexibility index (Phi) is 7.26. The van der Waals surface area contributed by atoms with Gasteiger partial charge in [-0.05, 0) is 31.2 Å². The van der Waals surface area contributed by atoms with Crippen molar-refractivity contribution < 1.29 is 19.7 Å². The van der Waals surface area contributed by atoms with E-state index in [1.54, 1.807) is 6.92 Å². The Hall–Kier alpha value is -1.39. The van der Waals surface area contributed by atoms with Crippen LogP contribution in [0.3, 0.4) is 0 Å². The second kappa shape index (κ2) is 8.72. The van der Waals surface area contributed by atoms with E-state index >= 15 is 0 Å². The maximum atomic E-state index is 12.0. The molecule has 4 nitrogen and oxygen atoms in total. The van der Waals surface area contributed by atoms with Crippen molar-refractivity contribution in [3.05, 3.63) is 35.9 Å². The van der Waals surface area contributed by atoms with Crippen molar-refractivity contribution in [3.63, 3.8) is 0 Å². The molecule has 1 aromatic rings. The van der Waals surface area contributed by atoms with Crippen LogP contribution in [-0.2, 0) is 14.6 Å². The average molecular weight is 280 g/mol. The number of aliphatic hydroxyl groups excluding tert-OH is 1. The molecular formula is C16H24O4. The van der Waals surface area contributed by atoms with Crippen LogP contribution >= 0.6 is 0 Å². The first kappa shape index (κ1) is 16.7. The van der Waals surface area contributed by atoms with Crippen LogP contribution in [0, 0.1) is 5.92 Å². The fraction of sp³-hybridized carbons (Fsp3) is 0.562. The number of benzene rings is 1. The van der Waals surface area contributed by atoms with E-state index in [4.69, 9.17) is 9.78 Å². The molecule has 0 saturated heterocycles. The first-order chi connectivity index (χ1) is 9.54. The molecule has 3 atom stereocenters. The molecule has 1 rings (SSSR count). The second-order valence-electron chi connectivity index (χ2n) is 5.25. The van der Waals surface area contributed by atoms with Gasteiger partial charge in [-0.15, -0.1) is 0 Å². The van der Waals surface area contributed by atoms with Crippen LogP contribution in [0.2, 0.25) is 0 Å². The van der Waals surface area contributed by atoms with Gasteiger partial charge in [0.1, 0.15) is 0 Å². The summed E-state index contributed by atoms with van der Waals surface area (Å²) in [5, 5.41) is 9.24. The Balaban J connectivity index is 2.41. The highest BCUT2D eigenvalue weighted by Crippen LogP contribution is 2.21. The van der Waals surface area contributed by atoms with Gasteiger partial charge in [0.15, 0.2) is 0 Å². The van der Waals surface area contributed by atoms with Crippen molar-refractivity contribution in [1.82, 2.24) is 0 Å². The molecule has 112 valence electrons. The molecule has 4 heteroatoms. The van der Waals surface area contributed by atoms with Gasteiger partial charge in [0.25, 0.3) is 0 Å². The molecule has 0 aliphatic rings. The second-order valence-corrected chi connectivity index (χ2v) is 5.25. The molecule has 1 N–H and O–H groups in total. The van der Waals surface area contributed by atoms with Crippen molar-refractivity contribution in [2.24, 2.45) is 5.92 Å². The van der Waals surface area contributed by atoms with Crippen LogP contribution in [-0.4, -0.2) is 23.8 Å². The Bertz CT molecular complexity index is 389. The standard InChI is InChI=1S/C16H24O4/c1-4-15(14-8-6-5-7-9-14)16(18)20-19-11-12(2)10-13(3)17/h5-9,12-13,15,17H,4,10-11H2,1-3H3. The van der Waals surface area contributed by atoms with Crippen molar-refractivity contribution in [3.8, 4) is 0 Å². The Morgan fingerprint density at radius 1 is 1.25 bits per heavy atom. The van der Waals surface area contributed by atoms with E-state index in [1.165, 1.54) is 0 Å². The molecule has 0 spiro atoms. The zero-order valence-corrected chi connectivity index (χ0v) is 12.4. The SMILES string of the molecule is CCC(C(=O)OOCC(C)CC(C)O)c1ccccc1. The third-order valence-corrected chi connectivity index (χ3v) is 3.13. The van der Waals surface area contributed by atoms with E-state index in [9.17, 15) is 9.90 Å². The molecule has 0 amide bonds. The summed E-state index contributed by atoms with van der Waals surface area (Å²) in [7, 11) is 0. The molecule has 0 aliphatic heterocycles. The zero-order valence-electron chi connectivity index (χ0n) is 12.4. The van der Waals surface area contributed by atoms with Crippen molar-refractivity contribution in [1.29, 1.82) is 0 Å². The predicted octanol–water partition coefficient (Wildman–Crippen LogP) is 3.06. The molecule has 1 aromatic carbocycles. The number of carbonyl (C=O) groups is 1. The topological polar surface area (TPSA) is 55.8 Å². The molecular weight excluding hydrogens is 256 g/mol. The van der Waals surface area contributed by atoms with Gasteiger partial charge in [0.05, 0.1) is 18.6 Å². The minimum atomic E-state index is -0.378. The molecule has 0 aliphatic carbocycles. The fourth-order valence-corrected chi connectivity index (χ4v) is 2.14. The Morgan fingerprint density at radius 2 is 1.90 bits per heavy atom. The highest BCUT2D eigenvalue weighted by atomic mass is 17.2. The Morgan fingerprint density at radius 3 is 2.45 bits per heavy atom. The van der Waals surface area contributed by atoms with Gasteiger partial charge >= 0.3 is 5.97 Å². The third-order valence-electron chi connectivity index (χ3n) is 3.13. The van der Waals surface area contributed by atoms with Crippen LogP contribution in [0.1, 0.15) is 45.1 Å². The largest absolute Gasteiger partial charge is 0.393 e. The third kappa shape index (κ3) is 5.72. The summed E-state index contributed by atoms with van der Waals surface area (Å²) in [6, 6.07) is 9.53. The molecule has 0 bridgehead atoms. The smallest absolute Gasteiger partial charge is 0.349 e. The van der Waals surface area contributed by atoms with Gasteiger partial charge in [0, 0.05) is 0 Å². The lowest BCUT2D eigenvalue weighted by atomic mass is 9.97. The van der Waals surface area contributed by atoms with E-state index < -0.39 is 0 Å². The molecule has 0 radical (unpaired) electrons. The van der Waals surface area contributed by atoms with Crippen LogP contribution < -0.4 is 0 Å². The van der Waals surface area contributed by atoms with Crippen LogP contribution in [0.4, 0.5) is 0 Å². The highest BCUT2D eigenvalue weighted by Gasteiger charge is 2.21. The molecule has 20 heavy (non-hydrogen) atoms. The number of carbonyl (C=O) groups excluding carboxylic acids is 1. The lowest BCUT2D eigenvalue weighted by Crippen LogP contribution is -2.19. The summed E-state index contributed by atoms with van der Waals surface area (Å²) in [4.78, 5) is 21.9. The van der Waals surface area contributed by atoms with E-state index in [2.05, 4.69) is 0 Å². The summed E-state index contributed by atoms with van der Waals surface area (Å²) < 4.78 is 0. The normalized spacial score (nSPS) is 15.4. The fourth-order valence-electron chi connectivity index (χ4n) is 2.14. The van der Waals surface area contributed by atoms with Gasteiger partial charge in [-0.25, -0.2) is 4.79 Å². The minimum Gasteiger partial charge on any atom is -0.393 e. The lowest BCUT2D eigenvalue weighted by Gasteiger charge is -2.15. The van der Waals surface area contributed by atoms with E-state index in [0.717, 1.165) is 5.56 Å². The molecule has 0 fully saturated rings. The van der Waals surface area contributed by atoms with Crippen LogP contribution in [0.5, 0.6) is 0 Å². The van der Waals surface area contributed by atoms with Gasteiger partial charge in [-0.3, -0.25) is 4.89 Å². The maximum absolute atomic E-state index is 12.0. The Labute approximate surface area is 120 Å². The van der Waals surface area contributed by atoms with Gasteiger partial charge in [-0.2, -0.15) is 4.89 Å². The van der Waals surface area contributed by atoms with Gasteiger partial charge < -0.3 is 5.11 Å². The van der Waals surface area contributed by atoms with Crippen molar-refractivity contribution >= 4 is 5.97 Å². The highest BCUT2D eigenvalue weighted by molar-refractivity contribution is 5.77. The minimum absolute atomic E-state index is 0.139. The lowest BCUT2D eigenvalue weighted by molar-refractivity contribution is -0.279. The zero-order chi connectivity index (χ0) is 15.0. The molecule has 0 heterocycles. The quantitative estimate of drug-likeness (QED) is 0.587. The first-order valence-electron chi connectivity index (χ1n) is 7.10. The number of hydrogen-bond donors (Lipinski definition) is 1. The summed E-state index contributed by atoms with van der Waals surface area (Å²) in [6.07, 6.45) is 0.903. The molecule has 0 saturated carbocycles. The summed E-state index contributed by atoms with van der Waals surface area (Å²) >= 11 is 0. The van der Waals surface area contributed by atoms with Gasteiger partial charge in [-0.1, -0.05) is 44.2 Å². The maximum Gasteiger partial charge on any atom is 0.349 e.